The van der Waals surface area contributed by atoms with E-state index in [1.807, 2.05) is 25.5 Å². The first-order valence-corrected chi connectivity index (χ1v) is 17.0. The number of benzene rings is 2. The van der Waals surface area contributed by atoms with Crippen LogP contribution in [0.2, 0.25) is 0 Å². The number of hydrogen-bond donors (Lipinski definition) is 5. The van der Waals surface area contributed by atoms with Crippen molar-refractivity contribution < 1.29 is 39.2 Å². The number of amides is 2. The number of anilines is 1. The first kappa shape index (κ1) is 37.4. The molecule has 2 heterocycles. The number of fused-ring (bicyclic) bond motifs is 1. The second kappa shape index (κ2) is 18.9. The van der Waals surface area contributed by atoms with Crippen LogP contribution < -0.4 is 15.4 Å². The molecule has 1 saturated carbocycles. The van der Waals surface area contributed by atoms with Crippen molar-refractivity contribution in [2.75, 3.05) is 44.8 Å². The van der Waals surface area contributed by atoms with Crippen LogP contribution >= 0.6 is 0 Å². The molecule has 0 unspecified atom stereocenters. The molecule has 13 heteroatoms. The summed E-state index contributed by atoms with van der Waals surface area (Å²) in [6, 6.07) is 12.2. The second-order valence-corrected chi connectivity index (χ2v) is 12.4. The Kier molecular flexibility index (Phi) is 14.4. The van der Waals surface area contributed by atoms with Crippen LogP contribution in [0, 0.1) is 0 Å². The average Bonchev–Trinajstić information content (AvgIpc) is 3.54. The van der Waals surface area contributed by atoms with E-state index in [0.29, 0.717) is 63.2 Å². The number of carboxylic acid groups (broad SMARTS) is 1. The van der Waals surface area contributed by atoms with Crippen molar-refractivity contribution in [2.45, 2.75) is 70.4 Å². The van der Waals surface area contributed by atoms with Crippen LogP contribution in [0.5, 0.6) is 11.5 Å². The minimum atomic E-state index is -1.23. The smallest absolute Gasteiger partial charge is 0.332 e. The summed E-state index contributed by atoms with van der Waals surface area (Å²) in [5, 5.41) is 36.2. The maximum Gasteiger partial charge on any atom is 0.332 e. The van der Waals surface area contributed by atoms with Gasteiger partial charge < -0.3 is 40.3 Å². The second-order valence-electron chi connectivity index (χ2n) is 12.4. The molecule has 0 radical (unpaired) electrons. The van der Waals surface area contributed by atoms with E-state index in [9.17, 15) is 19.5 Å². The molecule has 2 amide bonds. The Morgan fingerprint density at radius 3 is 2.49 bits per heavy atom. The van der Waals surface area contributed by atoms with Crippen LogP contribution in [0.25, 0.3) is 11.1 Å². The van der Waals surface area contributed by atoms with Gasteiger partial charge in [-0.05, 0) is 61.9 Å². The van der Waals surface area contributed by atoms with E-state index >= 15 is 0 Å². The van der Waals surface area contributed by atoms with Crippen LogP contribution in [-0.4, -0.2) is 99.4 Å². The minimum absolute atomic E-state index is 0.000764. The molecule has 5 N–H and O–H groups in total. The van der Waals surface area contributed by atoms with E-state index in [1.165, 1.54) is 31.7 Å². The lowest BCUT2D eigenvalue weighted by Gasteiger charge is -2.34. The predicted molar refractivity (Wildman–Crippen MR) is 184 cm³/mol. The van der Waals surface area contributed by atoms with Gasteiger partial charge in [-0.25, -0.2) is 4.79 Å². The van der Waals surface area contributed by atoms with Gasteiger partial charge >= 0.3 is 5.97 Å². The van der Waals surface area contributed by atoms with Gasteiger partial charge in [0.1, 0.15) is 17.5 Å². The number of aliphatic carboxylic acids is 1. The van der Waals surface area contributed by atoms with Gasteiger partial charge in [0.15, 0.2) is 12.4 Å². The zero-order chi connectivity index (χ0) is 35.2. The number of ether oxygens (including phenoxy) is 2. The molecule has 2 aliphatic rings. The molecule has 5 rings (SSSR count). The van der Waals surface area contributed by atoms with E-state index < -0.39 is 12.1 Å². The zero-order valence-corrected chi connectivity index (χ0v) is 28.4. The summed E-state index contributed by atoms with van der Waals surface area (Å²) >= 11 is 0. The molecular weight excluding hydrogens is 630 g/mol. The summed E-state index contributed by atoms with van der Waals surface area (Å²) in [7, 11) is 1.91. The zero-order valence-electron chi connectivity index (χ0n) is 28.4. The number of aryl methyl sites for hydroxylation is 1. The molecule has 13 nitrogen and oxygen atoms in total. The molecule has 0 spiro atoms. The van der Waals surface area contributed by atoms with E-state index in [1.54, 1.807) is 10.7 Å². The number of carboxylic acids is 1. The van der Waals surface area contributed by atoms with Crippen molar-refractivity contribution in [3.63, 3.8) is 0 Å². The highest BCUT2D eigenvalue weighted by atomic mass is 16.5. The fourth-order valence-corrected chi connectivity index (χ4v) is 5.89. The third-order valence-electron chi connectivity index (χ3n) is 8.61. The van der Waals surface area contributed by atoms with Crippen molar-refractivity contribution in [3.8, 4) is 22.6 Å². The summed E-state index contributed by atoms with van der Waals surface area (Å²) in [4.78, 5) is 36.4. The number of aromatic nitrogens is 2. The van der Waals surface area contributed by atoms with Gasteiger partial charge in [-0.2, -0.15) is 5.10 Å². The summed E-state index contributed by atoms with van der Waals surface area (Å²) in [6.45, 7) is 4.18. The number of carbonyl (C=O) groups excluding carboxylic acids is 2. The Labute approximate surface area is 287 Å². The van der Waals surface area contributed by atoms with E-state index in [-0.39, 0.29) is 24.2 Å². The maximum atomic E-state index is 13.3. The Morgan fingerprint density at radius 1 is 1.08 bits per heavy atom. The van der Waals surface area contributed by atoms with Gasteiger partial charge in [0.2, 0.25) is 5.91 Å². The Morgan fingerprint density at radius 2 is 1.82 bits per heavy atom. The summed E-state index contributed by atoms with van der Waals surface area (Å²) in [5.41, 5.74) is 4.70. The molecule has 1 aliphatic heterocycles. The van der Waals surface area contributed by atoms with Gasteiger partial charge in [0.25, 0.3) is 5.91 Å². The molecule has 49 heavy (non-hydrogen) atoms. The third-order valence-corrected chi connectivity index (χ3v) is 8.61. The van der Waals surface area contributed by atoms with Gasteiger partial charge in [-0.1, -0.05) is 49.6 Å². The van der Waals surface area contributed by atoms with Crippen molar-refractivity contribution in [1.82, 2.24) is 20.0 Å². The van der Waals surface area contributed by atoms with Crippen LogP contribution in [0.3, 0.4) is 0 Å². The number of aliphatic hydroxyl groups excluding tert-OH is 1. The number of carbonyl (C=O) groups is 3. The fraction of sp³-hybridized carbons (Fsp3) is 0.500. The highest BCUT2D eigenvalue weighted by Gasteiger charge is 2.25. The quantitative estimate of drug-likeness (QED) is 0.118. The van der Waals surface area contributed by atoms with Gasteiger partial charge in [-0.15, -0.1) is 0 Å². The van der Waals surface area contributed by atoms with E-state index in [2.05, 4.69) is 44.9 Å². The highest BCUT2D eigenvalue weighted by molar-refractivity contribution is 5.97. The molecule has 0 bridgehead atoms. The number of aromatic hydroxyl groups is 1. The van der Waals surface area contributed by atoms with E-state index in [4.69, 9.17) is 19.7 Å². The number of rotatable bonds is 15. The average molecular weight is 680 g/mol. The Hall–Kier alpha value is -4.46. The molecule has 0 saturated heterocycles. The number of aliphatic hydroxyl groups is 1. The number of phenols is 1. The largest absolute Gasteiger partial charge is 0.506 e. The van der Waals surface area contributed by atoms with Crippen molar-refractivity contribution >= 4 is 23.5 Å². The summed E-state index contributed by atoms with van der Waals surface area (Å²) in [6.07, 6.45) is 10.2. The number of nitrogens with one attached hydrogen (secondary N) is 2. The molecule has 266 valence electrons. The number of hydrogen-bond acceptors (Lipinski definition) is 9. The lowest BCUT2D eigenvalue weighted by atomic mass is 9.94. The van der Waals surface area contributed by atoms with Crippen molar-refractivity contribution in [2.24, 2.45) is 7.05 Å². The molecular formula is C36H49N5O8. The predicted octanol–water partition coefficient (Wildman–Crippen LogP) is 3.52. The minimum Gasteiger partial charge on any atom is -0.506 e. The monoisotopic (exact) mass is 679 g/mol. The van der Waals surface area contributed by atoms with Crippen LogP contribution in [0.1, 0.15) is 56.6 Å². The van der Waals surface area contributed by atoms with Crippen LogP contribution in [0.4, 0.5) is 5.69 Å². The number of phenolic OH excluding ortho intramolecular Hbond substituents is 1. The molecule has 1 aliphatic carbocycles. The standard InChI is InChI=1S/C33H43N5O5.C3H6O3/c1-37-22-27(21-35-37)25-9-7-24(8-10-25)14-19-42-20-15-31(41)38(28-5-3-2-4-6-28)18-17-34-16-13-26-11-12-29(39)32-33(26)43-23-30(40)36-32;1-2(4)3(5)6/h7-12,21-22,28,34,39H,2-6,13-20,23H2,1H3,(H,36,40);2,4H,1H3,(H,5,6)/t;2-/m.0/s1. The molecule has 1 fully saturated rings. The highest BCUT2D eigenvalue weighted by Crippen LogP contribution is 2.39. The first-order valence-electron chi connectivity index (χ1n) is 17.0. The topological polar surface area (TPSA) is 175 Å². The summed E-state index contributed by atoms with van der Waals surface area (Å²) in [5.74, 6) is -0.771. The Bertz CT molecular complexity index is 1520. The fourth-order valence-electron chi connectivity index (χ4n) is 5.89. The lowest BCUT2D eigenvalue weighted by molar-refractivity contribution is -0.145. The number of nitrogens with zero attached hydrogens (tertiary/aromatic N) is 3. The summed E-state index contributed by atoms with van der Waals surface area (Å²) < 4.78 is 13.3. The van der Waals surface area contributed by atoms with Gasteiger partial charge in [-0.3, -0.25) is 14.3 Å². The molecule has 1 atom stereocenters. The van der Waals surface area contributed by atoms with Crippen LogP contribution in [0.15, 0.2) is 48.8 Å². The SMILES string of the molecule is C[C@H](O)C(=O)O.Cn1cc(-c2ccc(CCOCCC(=O)N(CCNCCc3ccc(O)c4c3OCC(=O)N4)C3CCCCC3)cc2)cn1. The Balaban J connectivity index is 0.000000827. The molecule has 2 aromatic carbocycles. The molecule has 3 aromatic rings. The normalized spacial score (nSPS) is 14.9. The first-order chi connectivity index (χ1) is 23.6. The van der Waals surface area contributed by atoms with Gasteiger partial charge in [0.05, 0.1) is 25.8 Å². The van der Waals surface area contributed by atoms with Crippen molar-refractivity contribution in [1.29, 1.82) is 0 Å². The van der Waals surface area contributed by atoms with Gasteiger partial charge in [0, 0.05) is 37.9 Å². The van der Waals surface area contributed by atoms with Crippen molar-refractivity contribution in [3.05, 3.63) is 59.9 Å². The lowest BCUT2D eigenvalue weighted by Crippen LogP contribution is -2.45. The third kappa shape index (κ3) is 11.6. The van der Waals surface area contributed by atoms with E-state index in [0.717, 1.165) is 36.0 Å². The van der Waals surface area contributed by atoms with Crippen LogP contribution in [-0.2, 0) is 39.0 Å². The maximum absolute atomic E-state index is 13.3. The molecule has 1 aromatic heterocycles.